The molecule has 2 aliphatic rings. The van der Waals surface area contributed by atoms with Crippen molar-refractivity contribution >= 4 is 35.1 Å². The van der Waals surface area contributed by atoms with Crippen molar-refractivity contribution in [1.29, 1.82) is 0 Å². The highest BCUT2D eigenvalue weighted by molar-refractivity contribution is 7.17. The number of nitrogens with zero attached hydrogens (tertiary/aromatic N) is 2. The van der Waals surface area contributed by atoms with E-state index in [1.807, 2.05) is 50.2 Å². The van der Waals surface area contributed by atoms with Crippen LogP contribution < -0.4 is 10.1 Å². The van der Waals surface area contributed by atoms with E-state index in [1.165, 1.54) is 21.3 Å². The zero-order valence-corrected chi connectivity index (χ0v) is 23.1. The first-order valence-corrected chi connectivity index (χ1v) is 14.1. The molecule has 208 valence electrons. The fourth-order valence-electron chi connectivity index (χ4n) is 5.22. The van der Waals surface area contributed by atoms with Crippen molar-refractivity contribution in [2.75, 3.05) is 13.1 Å². The van der Waals surface area contributed by atoms with Gasteiger partial charge in [0.25, 0.3) is 5.91 Å². The normalized spacial score (nSPS) is 19.4. The lowest BCUT2D eigenvalue weighted by atomic mass is 10.0. The Balaban J connectivity index is 1.25. The van der Waals surface area contributed by atoms with E-state index in [9.17, 15) is 19.2 Å². The number of carbonyl (C=O) groups is 4. The molecular weight excluding hydrogens is 530 g/mol. The molecular formula is C30H31N3O6S. The van der Waals surface area contributed by atoms with E-state index in [0.29, 0.717) is 30.0 Å². The Kier molecular flexibility index (Phi) is 8.27. The van der Waals surface area contributed by atoms with Crippen molar-refractivity contribution in [1.82, 2.24) is 15.3 Å². The Morgan fingerprint density at radius 1 is 1.00 bits per heavy atom. The smallest absolute Gasteiger partial charge is 0.394 e. The lowest BCUT2D eigenvalue weighted by molar-refractivity contribution is -0.138. The van der Waals surface area contributed by atoms with E-state index in [4.69, 9.17) is 9.57 Å². The van der Waals surface area contributed by atoms with Gasteiger partial charge in [-0.2, -0.15) is 0 Å². The van der Waals surface area contributed by atoms with Gasteiger partial charge in [0.05, 0.1) is 17.5 Å². The van der Waals surface area contributed by atoms with Crippen LogP contribution in [0.1, 0.15) is 36.4 Å². The van der Waals surface area contributed by atoms with Crippen LogP contribution in [0.3, 0.4) is 0 Å². The predicted molar refractivity (Wildman–Crippen MR) is 150 cm³/mol. The van der Waals surface area contributed by atoms with Gasteiger partial charge in [0.2, 0.25) is 5.91 Å². The van der Waals surface area contributed by atoms with E-state index in [2.05, 4.69) is 5.32 Å². The van der Waals surface area contributed by atoms with E-state index >= 15 is 0 Å². The van der Waals surface area contributed by atoms with Gasteiger partial charge in [-0.3, -0.25) is 14.4 Å². The number of ether oxygens (including phenoxy) is 1. The Morgan fingerprint density at radius 3 is 2.40 bits per heavy atom. The Bertz CT molecular complexity index is 1380. The zero-order valence-electron chi connectivity index (χ0n) is 22.3. The summed E-state index contributed by atoms with van der Waals surface area (Å²) in [6, 6.07) is 19.9. The van der Waals surface area contributed by atoms with Crippen LogP contribution >= 0.6 is 11.3 Å². The average molecular weight is 562 g/mol. The number of hydrogen-bond acceptors (Lipinski definition) is 8. The molecule has 3 atom stereocenters. The fourth-order valence-corrected chi connectivity index (χ4v) is 6.13. The Morgan fingerprint density at radius 2 is 1.70 bits per heavy atom. The number of likely N-dealkylation sites (tertiary alicyclic amines) is 1. The molecule has 3 unspecified atom stereocenters. The molecule has 2 aromatic carbocycles. The monoisotopic (exact) mass is 561 g/mol. The van der Waals surface area contributed by atoms with Gasteiger partial charge in [0.1, 0.15) is 17.8 Å². The van der Waals surface area contributed by atoms with E-state index in [0.717, 1.165) is 10.4 Å². The number of amides is 2. The summed E-state index contributed by atoms with van der Waals surface area (Å²) in [5.74, 6) is -0.400. The van der Waals surface area contributed by atoms with Crippen molar-refractivity contribution in [3.05, 3.63) is 77.7 Å². The highest BCUT2D eigenvalue weighted by atomic mass is 32.1. The number of thiophene rings is 1. The summed E-state index contributed by atoms with van der Waals surface area (Å²) in [6.07, 6.45) is -0.0676. The van der Waals surface area contributed by atoms with Crippen molar-refractivity contribution in [2.45, 2.75) is 44.8 Å². The van der Waals surface area contributed by atoms with Gasteiger partial charge in [-0.25, -0.2) is 4.79 Å². The van der Waals surface area contributed by atoms with Crippen LogP contribution in [0.4, 0.5) is 4.79 Å². The van der Waals surface area contributed by atoms with Crippen molar-refractivity contribution in [3.63, 3.8) is 0 Å². The van der Waals surface area contributed by atoms with Gasteiger partial charge < -0.3 is 19.8 Å². The molecule has 0 aliphatic carbocycles. The third-order valence-electron chi connectivity index (χ3n) is 7.00. The van der Waals surface area contributed by atoms with Gasteiger partial charge >= 0.3 is 6.16 Å². The number of Topliss-reactive ketones (excluding diaryl/α,β-unsaturated/α-hetero) is 1. The molecule has 2 fully saturated rings. The molecule has 40 heavy (non-hydrogen) atoms. The topological polar surface area (TPSA) is 105 Å². The van der Waals surface area contributed by atoms with Gasteiger partial charge in [-0.1, -0.05) is 62.4 Å². The lowest BCUT2D eigenvalue weighted by Gasteiger charge is -2.28. The molecule has 3 aromatic rings. The highest BCUT2D eigenvalue weighted by Crippen LogP contribution is 2.32. The third kappa shape index (κ3) is 6.08. The quantitative estimate of drug-likeness (QED) is 0.318. The molecule has 2 saturated heterocycles. The number of para-hydroxylation sites is 1. The van der Waals surface area contributed by atoms with Gasteiger partial charge in [0, 0.05) is 11.4 Å². The predicted octanol–water partition coefficient (Wildman–Crippen LogP) is 4.54. The van der Waals surface area contributed by atoms with E-state index in [-0.39, 0.29) is 30.1 Å². The molecule has 0 bridgehead atoms. The summed E-state index contributed by atoms with van der Waals surface area (Å²) in [7, 11) is 0. The van der Waals surface area contributed by atoms with Gasteiger partial charge in [-0.05, 0) is 48.6 Å². The van der Waals surface area contributed by atoms with E-state index < -0.39 is 24.3 Å². The number of nitrogens with one attached hydrogen (secondary N) is 1. The number of hydroxylamine groups is 2. The summed E-state index contributed by atoms with van der Waals surface area (Å²) in [5, 5.41) is 4.23. The first-order chi connectivity index (χ1) is 19.3. The molecule has 2 aliphatic heterocycles. The average Bonchev–Trinajstić information content (AvgIpc) is 3.67. The SMILES string of the molecule is CC(C)CC(NC(=O)c1ccc(-c2ccccc2)s1)C(=O)N1CCC2C1C(=O)CN2OC(=O)Oc1ccccc1. The molecule has 0 spiro atoms. The summed E-state index contributed by atoms with van der Waals surface area (Å²) < 4.78 is 5.19. The molecule has 0 radical (unpaired) electrons. The number of benzene rings is 2. The first kappa shape index (κ1) is 27.5. The molecule has 10 heteroatoms. The number of carbonyl (C=O) groups excluding carboxylic acids is 4. The number of ketones is 1. The largest absolute Gasteiger partial charge is 0.533 e. The Hall–Kier alpha value is -4.02. The molecule has 1 N–H and O–H groups in total. The minimum Gasteiger partial charge on any atom is -0.394 e. The lowest BCUT2D eigenvalue weighted by Crippen LogP contribution is -2.52. The maximum absolute atomic E-state index is 13.7. The molecule has 2 amide bonds. The standard InChI is InChI=1S/C30H31N3O6S/c1-19(2)17-22(31-28(35)26-14-13-25(40-26)20-9-5-3-6-10-20)29(36)32-16-15-23-27(32)24(34)18-33(23)39-30(37)38-21-11-7-4-8-12-21/h3-14,19,22-23,27H,15-18H2,1-2H3,(H,31,35). The van der Waals surface area contributed by atoms with Crippen LogP contribution in [0.15, 0.2) is 72.8 Å². The summed E-state index contributed by atoms with van der Waals surface area (Å²) >= 11 is 1.36. The van der Waals surface area contributed by atoms with Crippen LogP contribution in [0.25, 0.3) is 10.4 Å². The van der Waals surface area contributed by atoms with Crippen molar-refractivity contribution < 1.29 is 28.8 Å². The number of rotatable bonds is 8. The second-order valence-electron chi connectivity index (χ2n) is 10.3. The van der Waals surface area contributed by atoms with Crippen molar-refractivity contribution in [2.24, 2.45) is 5.92 Å². The molecule has 9 nitrogen and oxygen atoms in total. The summed E-state index contributed by atoms with van der Waals surface area (Å²) in [4.78, 5) is 60.6. The van der Waals surface area contributed by atoms with Crippen LogP contribution in [-0.4, -0.2) is 64.9 Å². The minimum absolute atomic E-state index is 0.128. The molecule has 5 rings (SSSR count). The van der Waals surface area contributed by atoms with Crippen LogP contribution in [0, 0.1) is 5.92 Å². The van der Waals surface area contributed by atoms with Crippen LogP contribution in [-0.2, 0) is 14.4 Å². The molecule has 3 heterocycles. The molecule has 1 aromatic heterocycles. The second kappa shape index (κ2) is 12.0. The molecule has 0 saturated carbocycles. The third-order valence-corrected chi connectivity index (χ3v) is 8.13. The maximum Gasteiger partial charge on any atom is 0.533 e. The first-order valence-electron chi connectivity index (χ1n) is 13.3. The number of hydrogen-bond donors (Lipinski definition) is 1. The fraction of sp³-hybridized carbons (Fsp3) is 0.333. The van der Waals surface area contributed by atoms with Crippen LogP contribution in [0.2, 0.25) is 0 Å². The van der Waals surface area contributed by atoms with Gasteiger partial charge in [0.15, 0.2) is 5.78 Å². The summed E-state index contributed by atoms with van der Waals surface area (Å²) in [5.41, 5.74) is 1.02. The summed E-state index contributed by atoms with van der Waals surface area (Å²) in [6.45, 7) is 4.13. The van der Waals surface area contributed by atoms with Crippen LogP contribution in [0.5, 0.6) is 5.75 Å². The minimum atomic E-state index is -0.944. The second-order valence-corrected chi connectivity index (χ2v) is 11.4. The Labute approximate surface area is 236 Å². The highest BCUT2D eigenvalue weighted by Gasteiger charge is 2.52. The van der Waals surface area contributed by atoms with E-state index in [1.54, 1.807) is 36.4 Å². The van der Waals surface area contributed by atoms with Crippen molar-refractivity contribution in [3.8, 4) is 16.2 Å². The maximum atomic E-state index is 13.7. The zero-order chi connectivity index (χ0) is 28.2. The van der Waals surface area contributed by atoms with Gasteiger partial charge in [-0.15, -0.1) is 16.4 Å². The number of fused-ring (bicyclic) bond motifs is 1.